The molecule has 0 spiro atoms. The number of fused-ring (bicyclic) bond motifs is 2. The van der Waals surface area contributed by atoms with Crippen molar-refractivity contribution in [2.24, 2.45) is 0 Å². The minimum absolute atomic E-state index is 0.103. The number of piperazine rings is 1. The highest BCUT2D eigenvalue weighted by Gasteiger charge is 2.28. The molecular weight excluding hydrogens is 432 g/mol. The van der Waals surface area contributed by atoms with Gasteiger partial charge in [-0.05, 0) is 35.8 Å². The lowest BCUT2D eigenvalue weighted by Gasteiger charge is -2.36. The Bertz CT molecular complexity index is 1270. The molecule has 1 amide bonds. The van der Waals surface area contributed by atoms with Crippen molar-refractivity contribution >= 4 is 33.3 Å². The second kappa shape index (κ2) is 8.61. The molecule has 0 radical (unpaired) electrons. The summed E-state index contributed by atoms with van der Waals surface area (Å²) in [5, 5.41) is 5.91. The van der Waals surface area contributed by atoms with Crippen LogP contribution in [0.3, 0.4) is 0 Å². The minimum Gasteiger partial charge on any atom is -0.353 e. The molecule has 0 bridgehead atoms. The minimum atomic E-state index is 0.103. The van der Waals surface area contributed by atoms with Crippen molar-refractivity contribution in [1.29, 1.82) is 0 Å². The summed E-state index contributed by atoms with van der Waals surface area (Å²) in [5.41, 5.74) is 2.63. The average molecular weight is 459 g/mol. The summed E-state index contributed by atoms with van der Waals surface area (Å²) >= 11 is 1.58. The van der Waals surface area contributed by atoms with Gasteiger partial charge in [-0.1, -0.05) is 30.3 Å². The zero-order valence-electron chi connectivity index (χ0n) is 18.4. The van der Waals surface area contributed by atoms with E-state index >= 15 is 0 Å². The van der Waals surface area contributed by atoms with Crippen molar-refractivity contribution in [2.75, 3.05) is 50.7 Å². The summed E-state index contributed by atoms with van der Waals surface area (Å²) in [6, 6.07) is 18.4. The van der Waals surface area contributed by atoms with Crippen LogP contribution in [0.2, 0.25) is 0 Å². The molecule has 0 atom stereocenters. The van der Waals surface area contributed by atoms with Gasteiger partial charge in [-0.3, -0.25) is 9.69 Å². The zero-order chi connectivity index (χ0) is 22.2. The van der Waals surface area contributed by atoms with Crippen molar-refractivity contribution in [1.82, 2.24) is 24.0 Å². The molecule has 0 saturated carbocycles. The van der Waals surface area contributed by atoms with E-state index in [1.165, 1.54) is 10.1 Å². The Morgan fingerprint density at radius 2 is 1.67 bits per heavy atom. The Hall–Kier alpha value is -3.23. The molecule has 0 N–H and O–H groups in total. The van der Waals surface area contributed by atoms with Crippen molar-refractivity contribution < 1.29 is 4.79 Å². The Balaban J connectivity index is 1.06. The van der Waals surface area contributed by atoms with Crippen LogP contribution in [0.4, 0.5) is 5.82 Å². The fourth-order valence-electron chi connectivity index (χ4n) is 4.76. The van der Waals surface area contributed by atoms with Crippen LogP contribution in [0.5, 0.6) is 0 Å². The topological polar surface area (TPSA) is 57.5 Å². The highest BCUT2D eigenvalue weighted by Crippen LogP contribution is 2.29. The van der Waals surface area contributed by atoms with Crippen molar-refractivity contribution in [2.45, 2.75) is 6.42 Å². The van der Waals surface area contributed by atoms with E-state index in [9.17, 15) is 4.79 Å². The third-order valence-corrected chi connectivity index (χ3v) is 7.48. The molecule has 4 heterocycles. The molecule has 1 saturated heterocycles. The zero-order valence-corrected chi connectivity index (χ0v) is 19.2. The second-order valence-corrected chi connectivity index (χ2v) is 9.45. The lowest BCUT2D eigenvalue weighted by molar-refractivity contribution is 0.0716. The summed E-state index contributed by atoms with van der Waals surface area (Å²) in [6.07, 6.45) is 2.70. The highest BCUT2D eigenvalue weighted by atomic mass is 32.1. The molecule has 168 valence electrons. The number of para-hydroxylation sites is 1. The number of amides is 1. The number of benzene rings is 2. The van der Waals surface area contributed by atoms with Gasteiger partial charge in [-0.2, -0.15) is 9.47 Å². The molecule has 33 heavy (non-hydrogen) atoms. The molecular formula is C25H26N6OS. The average Bonchev–Trinajstić information content (AvgIpc) is 3.50. The number of carbonyl (C=O) groups is 1. The van der Waals surface area contributed by atoms with Crippen molar-refractivity contribution in [3.63, 3.8) is 0 Å². The van der Waals surface area contributed by atoms with Gasteiger partial charge in [0.25, 0.3) is 5.91 Å². The number of nitrogens with zero attached hydrogens (tertiary/aromatic N) is 6. The number of hydrogen-bond acceptors (Lipinski definition) is 6. The first-order valence-corrected chi connectivity index (χ1v) is 12.3. The predicted molar refractivity (Wildman–Crippen MR) is 131 cm³/mol. The first kappa shape index (κ1) is 20.4. The van der Waals surface area contributed by atoms with Gasteiger partial charge >= 0.3 is 0 Å². The van der Waals surface area contributed by atoms with Crippen LogP contribution < -0.4 is 4.90 Å². The third-order valence-electron chi connectivity index (χ3n) is 6.66. The van der Waals surface area contributed by atoms with Crippen LogP contribution >= 0.6 is 11.5 Å². The summed E-state index contributed by atoms with van der Waals surface area (Å²) in [4.78, 5) is 19.9. The fraction of sp³-hybridized carbons (Fsp3) is 0.320. The SMILES string of the molecule is O=C1c2cn(-c3ccccc3)nc2CCN1CCN1CCN(c2nsc3ccccc23)CC1. The summed E-state index contributed by atoms with van der Waals surface area (Å²) in [6.45, 7) is 6.32. The second-order valence-electron chi connectivity index (χ2n) is 8.64. The molecule has 2 aliphatic rings. The Labute approximate surface area is 197 Å². The van der Waals surface area contributed by atoms with E-state index in [1.54, 1.807) is 11.5 Å². The normalized spacial score (nSPS) is 17.0. The summed E-state index contributed by atoms with van der Waals surface area (Å²) < 4.78 is 7.78. The van der Waals surface area contributed by atoms with Crippen molar-refractivity contribution in [3.8, 4) is 5.69 Å². The monoisotopic (exact) mass is 458 g/mol. The number of hydrogen-bond donors (Lipinski definition) is 0. The van der Waals surface area contributed by atoms with E-state index in [0.29, 0.717) is 0 Å². The molecule has 6 rings (SSSR count). The smallest absolute Gasteiger partial charge is 0.257 e. The first-order valence-electron chi connectivity index (χ1n) is 11.5. The van der Waals surface area contributed by atoms with Gasteiger partial charge in [0.1, 0.15) is 5.82 Å². The predicted octanol–water partition coefficient (Wildman–Crippen LogP) is 3.30. The van der Waals surface area contributed by atoms with E-state index in [1.807, 2.05) is 46.1 Å². The van der Waals surface area contributed by atoms with Gasteiger partial charge < -0.3 is 9.80 Å². The lowest BCUT2D eigenvalue weighted by Crippen LogP contribution is -2.49. The van der Waals surface area contributed by atoms with Gasteiger partial charge in [0.15, 0.2) is 0 Å². The highest BCUT2D eigenvalue weighted by molar-refractivity contribution is 7.13. The largest absolute Gasteiger partial charge is 0.353 e. The maximum atomic E-state index is 13.1. The van der Waals surface area contributed by atoms with Crippen LogP contribution in [0.1, 0.15) is 16.1 Å². The Morgan fingerprint density at radius 3 is 2.52 bits per heavy atom. The van der Waals surface area contributed by atoms with Crippen LogP contribution in [-0.2, 0) is 6.42 Å². The third kappa shape index (κ3) is 3.89. The van der Waals surface area contributed by atoms with Gasteiger partial charge in [0, 0.05) is 63.8 Å². The van der Waals surface area contributed by atoms with Crippen molar-refractivity contribution in [3.05, 3.63) is 72.1 Å². The molecule has 2 aliphatic heterocycles. The Kier molecular flexibility index (Phi) is 5.32. The molecule has 0 unspecified atom stereocenters. The van der Waals surface area contributed by atoms with E-state index < -0.39 is 0 Å². The van der Waals surface area contributed by atoms with Gasteiger partial charge in [0.05, 0.1) is 21.6 Å². The van der Waals surface area contributed by atoms with E-state index in [4.69, 9.17) is 4.37 Å². The van der Waals surface area contributed by atoms with E-state index in [2.05, 4.69) is 39.2 Å². The summed E-state index contributed by atoms with van der Waals surface area (Å²) in [7, 11) is 0. The lowest BCUT2D eigenvalue weighted by atomic mass is 10.1. The van der Waals surface area contributed by atoms with Crippen LogP contribution in [0.25, 0.3) is 15.8 Å². The molecule has 1 fully saturated rings. The number of rotatable bonds is 5. The van der Waals surface area contributed by atoms with Crippen LogP contribution in [-0.4, -0.2) is 75.7 Å². The first-order chi connectivity index (χ1) is 16.3. The van der Waals surface area contributed by atoms with Crippen LogP contribution in [0.15, 0.2) is 60.8 Å². The molecule has 7 nitrogen and oxygen atoms in total. The van der Waals surface area contributed by atoms with Gasteiger partial charge in [0.2, 0.25) is 0 Å². The molecule has 4 aromatic rings. The summed E-state index contributed by atoms with van der Waals surface area (Å²) in [5.74, 6) is 1.22. The maximum Gasteiger partial charge on any atom is 0.257 e. The molecule has 2 aromatic carbocycles. The van der Waals surface area contributed by atoms with Crippen LogP contribution in [0, 0.1) is 0 Å². The van der Waals surface area contributed by atoms with Gasteiger partial charge in [-0.25, -0.2) is 4.68 Å². The number of anilines is 1. The number of aromatic nitrogens is 3. The molecule has 8 heteroatoms. The van der Waals surface area contributed by atoms with Gasteiger partial charge in [-0.15, -0.1) is 0 Å². The molecule has 0 aliphatic carbocycles. The fourth-order valence-corrected chi connectivity index (χ4v) is 5.55. The Morgan fingerprint density at radius 1 is 0.879 bits per heavy atom. The van der Waals surface area contributed by atoms with E-state index in [0.717, 1.165) is 75.0 Å². The standard InChI is InChI=1S/C25H26N6OS/c32-25-21-18-31(19-6-2-1-3-7-19)26-22(21)10-11-30(25)17-14-28-12-15-29(16-13-28)24-20-8-4-5-9-23(20)33-27-24/h1-9,18H,10-17H2. The molecule has 2 aromatic heterocycles. The van der Waals surface area contributed by atoms with E-state index in [-0.39, 0.29) is 5.91 Å². The maximum absolute atomic E-state index is 13.1. The quantitative estimate of drug-likeness (QED) is 0.459. The number of carbonyl (C=O) groups excluding carboxylic acids is 1.